The van der Waals surface area contributed by atoms with Crippen LogP contribution < -0.4 is 5.32 Å². The molecule has 0 radical (unpaired) electrons. The van der Waals surface area contributed by atoms with E-state index in [1.807, 2.05) is 0 Å². The maximum atomic E-state index is 12.5. The van der Waals surface area contributed by atoms with Crippen molar-refractivity contribution in [1.29, 1.82) is 0 Å². The van der Waals surface area contributed by atoms with Crippen LogP contribution in [-0.4, -0.2) is 40.6 Å². The molecule has 2 aliphatic rings. The molecule has 8 heteroatoms. The predicted molar refractivity (Wildman–Crippen MR) is 103 cm³/mol. The number of rotatable bonds is 4. The van der Waals surface area contributed by atoms with E-state index in [-0.39, 0.29) is 29.5 Å². The number of imide groups is 1. The van der Waals surface area contributed by atoms with E-state index in [0.717, 1.165) is 25.7 Å². The molecule has 0 spiro atoms. The molecule has 0 unspecified atom stereocenters. The van der Waals surface area contributed by atoms with Crippen molar-refractivity contribution < 1.29 is 28.8 Å². The third-order valence-electron chi connectivity index (χ3n) is 4.99. The molecule has 8 nitrogen and oxygen atoms in total. The minimum atomic E-state index is -0.678. The highest BCUT2D eigenvalue weighted by atomic mass is 16.7. The van der Waals surface area contributed by atoms with Gasteiger partial charge in [0.1, 0.15) is 5.60 Å². The number of hydrogen-bond acceptors (Lipinski definition) is 6. The molecule has 29 heavy (non-hydrogen) atoms. The summed E-state index contributed by atoms with van der Waals surface area (Å²) >= 11 is 0. The van der Waals surface area contributed by atoms with Crippen molar-refractivity contribution >= 4 is 23.9 Å². The third kappa shape index (κ3) is 4.93. The van der Waals surface area contributed by atoms with Gasteiger partial charge in [0.25, 0.3) is 11.8 Å². The van der Waals surface area contributed by atoms with Crippen LogP contribution in [0, 0.1) is 5.92 Å². The number of benzene rings is 1. The highest BCUT2D eigenvalue weighted by Gasteiger charge is 2.39. The van der Waals surface area contributed by atoms with Crippen LogP contribution in [0.15, 0.2) is 24.3 Å². The Kier molecular flexibility index (Phi) is 5.91. The van der Waals surface area contributed by atoms with Gasteiger partial charge in [0.15, 0.2) is 0 Å². The first-order valence-electron chi connectivity index (χ1n) is 9.84. The largest absolute Gasteiger partial charge is 0.444 e. The summed E-state index contributed by atoms with van der Waals surface area (Å²) in [6.45, 7) is 5.35. The predicted octanol–water partition coefficient (Wildman–Crippen LogP) is 3.21. The number of hydrogen-bond donors (Lipinski definition) is 1. The van der Waals surface area contributed by atoms with E-state index in [2.05, 4.69) is 5.32 Å². The molecule has 1 saturated carbocycles. The number of fused-ring (bicyclic) bond motifs is 1. The Hall–Kier alpha value is -2.90. The molecule has 1 aliphatic carbocycles. The highest BCUT2D eigenvalue weighted by molar-refractivity contribution is 6.20. The lowest BCUT2D eigenvalue weighted by molar-refractivity contribution is -0.170. The number of nitrogens with zero attached hydrogens (tertiary/aromatic N) is 1. The first-order chi connectivity index (χ1) is 13.7. The van der Waals surface area contributed by atoms with Gasteiger partial charge in [0.2, 0.25) is 0 Å². The van der Waals surface area contributed by atoms with E-state index in [9.17, 15) is 19.2 Å². The fourth-order valence-electron chi connectivity index (χ4n) is 3.70. The zero-order valence-corrected chi connectivity index (χ0v) is 16.9. The van der Waals surface area contributed by atoms with Crippen molar-refractivity contribution in [3.63, 3.8) is 0 Å². The smallest absolute Gasteiger partial charge is 0.407 e. The van der Waals surface area contributed by atoms with Gasteiger partial charge in [-0.15, -0.1) is 0 Å². The van der Waals surface area contributed by atoms with Crippen LogP contribution in [0.25, 0.3) is 0 Å². The van der Waals surface area contributed by atoms with Crippen LogP contribution in [-0.2, 0) is 14.4 Å². The van der Waals surface area contributed by atoms with Crippen molar-refractivity contribution in [1.82, 2.24) is 10.4 Å². The average molecular weight is 402 g/mol. The van der Waals surface area contributed by atoms with Crippen LogP contribution >= 0.6 is 0 Å². The van der Waals surface area contributed by atoms with Crippen LogP contribution in [0.1, 0.15) is 73.6 Å². The summed E-state index contributed by atoms with van der Waals surface area (Å²) < 4.78 is 5.30. The van der Waals surface area contributed by atoms with Crippen LogP contribution in [0.5, 0.6) is 0 Å². The van der Waals surface area contributed by atoms with Crippen molar-refractivity contribution in [2.75, 3.05) is 0 Å². The SMILES string of the molecule is CC(C)(C)OC(=O)N[C@H]1CCCC[C@H]1CC(=O)ON1C(=O)c2ccccc2C1=O. The molecule has 0 bridgehead atoms. The van der Waals surface area contributed by atoms with E-state index in [0.29, 0.717) is 5.06 Å². The van der Waals surface area contributed by atoms with E-state index in [1.54, 1.807) is 32.9 Å². The Morgan fingerprint density at radius 1 is 1.07 bits per heavy atom. The number of amides is 3. The molecular weight excluding hydrogens is 376 g/mol. The van der Waals surface area contributed by atoms with Crippen molar-refractivity contribution in [3.05, 3.63) is 35.4 Å². The molecule has 0 aromatic heterocycles. The van der Waals surface area contributed by atoms with Crippen molar-refractivity contribution in [3.8, 4) is 0 Å². The monoisotopic (exact) mass is 402 g/mol. The Balaban J connectivity index is 1.60. The standard InChI is InChI=1S/C21H26N2O6/c1-21(2,3)28-20(27)22-16-11-7-4-8-13(16)12-17(24)29-23-18(25)14-9-5-6-10-15(14)19(23)26/h5-6,9-10,13,16H,4,7-8,11-12H2,1-3H3,(H,22,27)/t13-,16-/m0/s1. The maximum Gasteiger partial charge on any atom is 0.407 e. The topological polar surface area (TPSA) is 102 Å². The number of carbonyl (C=O) groups is 4. The summed E-state index contributed by atoms with van der Waals surface area (Å²) in [5.74, 6) is -2.13. The van der Waals surface area contributed by atoms with Crippen LogP contribution in [0.4, 0.5) is 4.79 Å². The van der Waals surface area contributed by atoms with Gasteiger partial charge in [0, 0.05) is 6.04 Å². The summed E-state index contributed by atoms with van der Waals surface area (Å²) in [6.07, 6.45) is 2.79. The molecule has 1 N–H and O–H groups in total. The van der Waals surface area contributed by atoms with Crippen LogP contribution in [0.3, 0.4) is 0 Å². The first-order valence-corrected chi connectivity index (χ1v) is 9.84. The van der Waals surface area contributed by atoms with Crippen molar-refractivity contribution in [2.24, 2.45) is 5.92 Å². The molecule has 0 saturated heterocycles. The third-order valence-corrected chi connectivity index (χ3v) is 4.99. The number of alkyl carbamates (subject to hydrolysis) is 1. The molecule has 1 aliphatic heterocycles. The number of carbonyl (C=O) groups excluding carboxylic acids is 4. The van der Waals surface area contributed by atoms with Gasteiger partial charge in [-0.1, -0.05) is 30.0 Å². The summed E-state index contributed by atoms with van der Waals surface area (Å²) in [5.41, 5.74) is -0.182. The minimum absolute atomic E-state index is 0.00608. The zero-order chi connectivity index (χ0) is 21.2. The lowest BCUT2D eigenvalue weighted by Crippen LogP contribution is -2.45. The molecule has 2 atom stereocenters. The van der Waals surface area contributed by atoms with Gasteiger partial charge in [-0.05, 0) is 51.7 Å². The van der Waals surface area contributed by atoms with Gasteiger partial charge < -0.3 is 14.9 Å². The molecule has 3 rings (SSSR count). The molecule has 1 fully saturated rings. The second-order valence-corrected chi connectivity index (χ2v) is 8.41. The Bertz CT molecular complexity index is 794. The molecule has 1 aromatic carbocycles. The lowest BCUT2D eigenvalue weighted by atomic mass is 9.82. The second kappa shape index (κ2) is 8.23. The quantitative estimate of drug-likeness (QED) is 0.776. The van der Waals surface area contributed by atoms with Gasteiger partial charge >= 0.3 is 12.1 Å². The van der Waals surface area contributed by atoms with Gasteiger partial charge in [-0.2, -0.15) is 0 Å². The lowest BCUT2D eigenvalue weighted by Gasteiger charge is -2.32. The Labute approximate surface area is 169 Å². The number of nitrogens with one attached hydrogen (secondary N) is 1. The molecule has 1 heterocycles. The van der Waals surface area contributed by atoms with Gasteiger partial charge in [-0.3, -0.25) is 9.59 Å². The second-order valence-electron chi connectivity index (χ2n) is 8.41. The summed E-state index contributed by atoms with van der Waals surface area (Å²) in [5, 5.41) is 3.36. The van der Waals surface area contributed by atoms with Gasteiger partial charge in [0.05, 0.1) is 17.5 Å². The van der Waals surface area contributed by atoms with Crippen molar-refractivity contribution in [2.45, 2.75) is 64.5 Å². The fourth-order valence-corrected chi connectivity index (χ4v) is 3.70. The van der Waals surface area contributed by atoms with Gasteiger partial charge in [-0.25, -0.2) is 9.59 Å². The maximum absolute atomic E-state index is 12.5. The fraction of sp³-hybridized carbons (Fsp3) is 0.524. The highest BCUT2D eigenvalue weighted by Crippen LogP contribution is 2.29. The van der Waals surface area contributed by atoms with E-state index in [4.69, 9.17) is 9.57 Å². The number of hydroxylamine groups is 2. The van der Waals surface area contributed by atoms with E-state index >= 15 is 0 Å². The van der Waals surface area contributed by atoms with E-state index < -0.39 is 29.5 Å². The zero-order valence-electron chi connectivity index (χ0n) is 16.9. The van der Waals surface area contributed by atoms with E-state index in [1.165, 1.54) is 12.1 Å². The molecule has 156 valence electrons. The summed E-state index contributed by atoms with van der Waals surface area (Å²) in [4.78, 5) is 54.3. The molecular formula is C21H26N2O6. The number of ether oxygens (including phenoxy) is 1. The Morgan fingerprint density at radius 3 is 2.24 bits per heavy atom. The average Bonchev–Trinajstić information content (AvgIpc) is 2.87. The first kappa shape index (κ1) is 20.8. The van der Waals surface area contributed by atoms with Crippen LogP contribution in [0.2, 0.25) is 0 Å². The summed E-state index contributed by atoms with van der Waals surface area (Å²) in [7, 11) is 0. The molecule has 1 aromatic rings. The minimum Gasteiger partial charge on any atom is -0.444 e. The summed E-state index contributed by atoms with van der Waals surface area (Å²) in [6, 6.07) is 6.10. The Morgan fingerprint density at radius 2 is 1.66 bits per heavy atom. The normalized spacial score (nSPS) is 21.6. The molecule has 3 amide bonds.